The fourth-order valence-corrected chi connectivity index (χ4v) is 6.33. The predicted octanol–water partition coefficient (Wildman–Crippen LogP) is 4.40. The summed E-state index contributed by atoms with van der Waals surface area (Å²) in [4.78, 5) is 57.8. The lowest BCUT2D eigenvalue weighted by Gasteiger charge is -2.32. The Balaban J connectivity index is 1.27. The Kier molecular flexibility index (Phi) is 4.80. The molecule has 0 N–H and O–H groups in total. The van der Waals surface area contributed by atoms with Crippen LogP contribution in [-0.4, -0.2) is 23.6 Å². The maximum atomic E-state index is 13.9. The minimum atomic E-state index is -0.499. The van der Waals surface area contributed by atoms with Crippen LogP contribution in [0.4, 0.5) is 11.4 Å². The van der Waals surface area contributed by atoms with Gasteiger partial charge in [-0.3, -0.25) is 19.2 Å². The average Bonchev–Trinajstić information content (AvgIpc) is 2.99. The van der Waals surface area contributed by atoms with Crippen LogP contribution in [-0.2, 0) is 14.1 Å². The number of hydrogen-bond donors (Lipinski definition) is 0. The normalized spacial score (nSPS) is 14.5. The van der Waals surface area contributed by atoms with Gasteiger partial charge in [0.1, 0.15) is 14.1 Å². The number of anilines is 2. The SMILES string of the molecule is C[n+]1cccc2cc(N3C(=O)c4ccc5c6c(ccc(c46)C3=O)C(=O)N(c3ccc4c(ccc[n+]4C)c3)C5=O)ccc21. The molecular formula is C34H22N4O4+2. The van der Waals surface area contributed by atoms with Crippen molar-refractivity contribution in [3.8, 4) is 0 Å². The van der Waals surface area contributed by atoms with E-state index in [9.17, 15) is 19.2 Å². The summed E-state index contributed by atoms with van der Waals surface area (Å²) >= 11 is 0. The fraction of sp³-hybridized carbons (Fsp3) is 0.0588. The van der Waals surface area contributed by atoms with Gasteiger partial charge in [-0.2, -0.15) is 0 Å². The summed E-state index contributed by atoms with van der Waals surface area (Å²) in [5.41, 5.74) is 3.91. The van der Waals surface area contributed by atoms with Gasteiger partial charge in [0, 0.05) is 68.1 Å². The molecule has 200 valence electrons. The van der Waals surface area contributed by atoms with Gasteiger partial charge in [-0.05, 0) is 60.7 Å². The van der Waals surface area contributed by atoms with E-state index >= 15 is 0 Å². The van der Waals surface area contributed by atoms with Gasteiger partial charge in [-0.25, -0.2) is 18.9 Å². The van der Waals surface area contributed by atoms with Crippen molar-refractivity contribution >= 4 is 67.6 Å². The fourth-order valence-electron chi connectivity index (χ4n) is 6.33. The highest BCUT2D eigenvalue weighted by Gasteiger charge is 2.40. The lowest BCUT2D eigenvalue weighted by molar-refractivity contribution is -0.645. The third-order valence-electron chi connectivity index (χ3n) is 8.36. The summed E-state index contributed by atoms with van der Waals surface area (Å²) in [6, 6.07) is 24.9. The van der Waals surface area contributed by atoms with Crippen molar-refractivity contribution in [2.75, 3.05) is 9.80 Å². The van der Waals surface area contributed by atoms with E-state index in [1.807, 2.05) is 84.2 Å². The topological polar surface area (TPSA) is 82.5 Å². The Bertz CT molecular complexity index is 2040. The molecule has 0 bridgehead atoms. The lowest BCUT2D eigenvalue weighted by atomic mass is 9.85. The zero-order valence-electron chi connectivity index (χ0n) is 22.7. The number of aryl methyl sites for hydroxylation is 2. The number of nitrogens with zero attached hydrogens (tertiary/aromatic N) is 4. The molecule has 2 aromatic heterocycles. The molecule has 42 heavy (non-hydrogen) atoms. The van der Waals surface area contributed by atoms with Crippen LogP contribution in [0.5, 0.6) is 0 Å². The van der Waals surface area contributed by atoms with Crippen LogP contribution in [0.25, 0.3) is 32.6 Å². The third-order valence-corrected chi connectivity index (χ3v) is 8.36. The van der Waals surface area contributed by atoms with Gasteiger partial charge in [-0.1, -0.05) is 0 Å². The van der Waals surface area contributed by atoms with Gasteiger partial charge in [0.15, 0.2) is 12.4 Å². The smallest absolute Gasteiger partial charge is 0.265 e. The highest BCUT2D eigenvalue weighted by atomic mass is 16.2. The van der Waals surface area contributed by atoms with Gasteiger partial charge in [-0.15, -0.1) is 0 Å². The lowest BCUT2D eigenvalue weighted by Crippen LogP contribution is -2.43. The summed E-state index contributed by atoms with van der Waals surface area (Å²) < 4.78 is 3.93. The third kappa shape index (κ3) is 3.11. The zero-order chi connectivity index (χ0) is 28.9. The second-order valence-corrected chi connectivity index (χ2v) is 10.7. The first kappa shape index (κ1) is 24.1. The van der Waals surface area contributed by atoms with E-state index in [-0.39, 0.29) is 22.3 Å². The van der Waals surface area contributed by atoms with Crippen molar-refractivity contribution in [2.45, 2.75) is 0 Å². The van der Waals surface area contributed by atoms with Crippen molar-refractivity contribution in [2.24, 2.45) is 14.1 Å². The number of aromatic nitrogens is 2. The molecule has 0 spiro atoms. The molecule has 0 aliphatic carbocycles. The maximum absolute atomic E-state index is 13.9. The standard InChI is InChI=1S/C34H22N4O4/c1-35-15-3-5-19-17-21(7-13-27(19)35)37-31(39)23-9-11-25-30-26(12-10-24(29(23)30)32(37)40)34(42)38(33(25)41)22-8-14-28-20(18-22)6-4-16-36(28)2/h3-18H,1-2H3/q+2. The minimum Gasteiger partial charge on any atom is -0.268 e. The Morgan fingerprint density at radius 2 is 0.833 bits per heavy atom. The number of rotatable bonds is 2. The van der Waals surface area contributed by atoms with Crippen LogP contribution < -0.4 is 18.9 Å². The number of pyridine rings is 2. The number of carbonyl (C=O) groups is 4. The predicted molar refractivity (Wildman–Crippen MR) is 156 cm³/mol. The molecule has 8 nitrogen and oxygen atoms in total. The molecule has 0 atom stereocenters. The molecule has 2 aliphatic rings. The summed E-state index contributed by atoms with van der Waals surface area (Å²) in [7, 11) is 3.86. The summed E-state index contributed by atoms with van der Waals surface area (Å²) in [5.74, 6) is -2.00. The zero-order valence-corrected chi connectivity index (χ0v) is 22.7. The second-order valence-electron chi connectivity index (χ2n) is 10.7. The first-order valence-corrected chi connectivity index (χ1v) is 13.5. The first-order chi connectivity index (χ1) is 20.3. The molecule has 4 amide bonds. The molecule has 8 rings (SSSR count). The van der Waals surface area contributed by atoms with Gasteiger partial charge in [0.25, 0.3) is 23.6 Å². The number of carbonyl (C=O) groups excluding carboxylic acids is 4. The van der Waals surface area contributed by atoms with E-state index in [0.717, 1.165) is 21.8 Å². The Morgan fingerprint density at radius 1 is 0.476 bits per heavy atom. The van der Waals surface area contributed by atoms with E-state index in [4.69, 9.17) is 0 Å². The molecule has 4 heterocycles. The molecule has 2 aliphatic heterocycles. The Morgan fingerprint density at radius 3 is 1.19 bits per heavy atom. The summed E-state index contributed by atoms with van der Waals surface area (Å²) in [5, 5.41) is 2.45. The number of amides is 4. The monoisotopic (exact) mass is 550 g/mol. The molecule has 0 saturated heterocycles. The number of hydrogen-bond acceptors (Lipinski definition) is 4. The van der Waals surface area contributed by atoms with Crippen molar-refractivity contribution in [1.29, 1.82) is 0 Å². The van der Waals surface area contributed by atoms with E-state index in [1.54, 1.807) is 36.4 Å². The number of benzene rings is 4. The van der Waals surface area contributed by atoms with Crippen molar-refractivity contribution in [3.05, 3.63) is 120 Å². The largest absolute Gasteiger partial charge is 0.268 e. The maximum Gasteiger partial charge on any atom is 0.265 e. The Labute approximate surface area is 239 Å². The first-order valence-electron chi connectivity index (χ1n) is 13.5. The van der Waals surface area contributed by atoms with Crippen molar-refractivity contribution in [3.63, 3.8) is 0 Å². The number of imide groups is 2. The average molecular weight is 551 g/mol. The van der Waals surface area contributed by atoms with E-state index < -0.39 is 23.6 Å². The molecule has 0 radical (unpaired) electrons. The van der Waals surface area contributed by atoms with Gasteiger partial charge < -0.3 is 0 Å². The van der Waals surface area contributed by atoms with Crippen LogP contribution in [0.2, 0.25) is 0 Å². The van der Waals surface area contributed by atoms with E-state index in [1.165, 1.54) is 9.80 Å². The van der Waals surface area contributed by atoms with Crippen LogP contribution in [0, 0.1) is 0 Å². The highest BCUT2D eigenvalue weighted by molar-refractivity contribution is 6.42. The van der Waals surface area contributed by atoms with Gasteiger partial charge >= 0.3 is 0 Å². The minimum absolute atomic E-state index is 0.274. The van der Waals surface area contributed by atoms with E-state index in [0.29, 0.717) is 22.1 Å². The van der Waals surface area contributed by atoms with Gasteiger partial charge in [0.05, 0.1) is 11.4 Å². The number of fused-ring (bicyclic) bond motifs is 2. The summed E-state index contributed by atoms with van der Waals surface area (Å²) in [6.07, 6.45) is 3.86. The van der Waals surface area contributed by atoms with Gasteiger partial charge in [0.2, 0.25) is 11.0 Å². The molecule has 0 fully saturated rings. The molecule has 0 saturated carbocycles. The van der Waals surface area contributed by atoms with Crippen LogP contribution in [0.3, 0.4) is 0 Å². The van der Waals surface area contributed by atoms with Crippen molar-refractivity contribution < 1.29 is 28.3 Å². The van der Waals surface area contributed by atoms with Crippen molar-refractivity contribution in [1.82, 2.24) is 0 Å². The quantitative estimate of drug-likeness (QED) is 0.237. The van der Waals surface area contributed by atoms with Crippen LogP contribution in [0.15, 0.2) is 97.3 Å². The molecular weight excluding hydrogens is 528 g/mol. The molecule has 4 aromatic carbocycles. The molecule has 8 heteroatoms. The van der Waals surface area contributed by atoms with Crippen LogP contribution in [0.1, 0.15) is 41.4 Å². The Hall–Kier alpha value is -5.76. The molecule has 6 aromatic rings. The molecule has 0 unspecified atom stereocenters. The van der Waals surface area contributed by atoms with Crippen LogP contribution >= 0.6 is 0 Å². The summed E-state index contributed by atoms with van der Waals surface area (Å²) in [6.45, 7) is 0. The van der Waals surface area contributed by atoms with E-state index in [2.05, 4.69) is 0 Å². The highest BCUT2D eigenvalue weighted by Crippen LogP contribution is 2.40. The second kappa shape index (κ2) is 8.37.